The molecule has 0 unspecified atom stereocenters. The number of rotatable bonds is 5. The molecule has 0 atom stereocenters. The van der Waals surface area contributed by atoms with Crippen LogP contribution in [0.25, 0.3) is 0 Å². The van der Waals surface area contributed by atoms with E-state index in [1.165, 1.54) is 0 Å². The van der Waals surface area contributed by atoms with E-state index in [1.807, 2.05) is 12.1 Å². The summed E-state index contributed by atoms with van der Waals surface area (Å²) in [6.45, 7) is 5.80. The van der Waals surface area contributed by atoms with Gasteiger partial charge >= 0.3 is 0 Å². The van der Waals surface area contributed by atoms with Crippen molar-refractivity contribution in [2.45, 2.75) is 13.8 Å². The van der Waals surface area contributed by atoms with E-state index in [2.05, 4.69) is 40.0 Å². The first-order valence-electron chi connectivity index (χ1n) is 7.37. The van der Waals surface area contributed by atoms with Gasteiger partial charge in [-0.05, 0) is 50.2 Å². The van der Waals surface area contributed by atoms with Crippen LogP contribution in [0.4, 0.5) is 17.1 Å². The van der Waals surface area contributed by atoms with Crippen LogP contribution >= 0.6 is 27.5 Å². The van der Waals surface area contributed by atoms with E-state index in [0.717, 1.165) is 23.2 Å². The van der Waals surface area contributed by atoms with Crippen molar-refractivity contribution in [3.05, 3.63) is 51.5 Å². The van der Waals surface area contributed by atoms with Gasteiger partial charge in [0.15, 0.2) is 0 Å². The van der Waals surface area contributed by atoms with Gasteiger partial charge in [-0.2, -0.15) is 0 Å². The molecule has 3 N–H and O–H groups in total. The van der Waals surface area contributed by atoms with Crippen LogP contribution in [0.5, 0.6) is 0 Å². The largest absolute Gasteiger partial charge is 0.399 e. The first-order valence-corrected chi connectivity index (χ1v) is 8.54. The summed E-state index contributed by atoms with van der Waals surface area (Å²) in [4.78, 5) is 14.7. The van der Waals surface area contributed by atoms with Crippen LogP contribution in [-0.4, -0.2) is 19.0 Å². The summed E-state index contributed by atoms with van der Waals surface area (Å²) >= 11 is 9.48. The van der Waals surface area contributed by atoms with Crippen molar-refractivity contribution in [2.24, 2.45) is 0 Å². The Morgan fingerprint density at radius 2 is 1.91 bits per heavy atom. The van der Waals surface area contributed by atoms with E-state index in [9.17, 15) is 4.79 Å². The molecule has 0 radical (unpaired) electrons. The Bertz CT molecular complexity index is 717. The zero-order chi connectivity index (χ0) is 17.0. The monoisotopic (exact) mass is 395 g/mol. The summed E-state index contributed by atoms with van der Waals surface area (Å²) in [7, 11) is 0. The van der Waals surface area contributed by atoms with Crippen LogP contribution in [-0.2, 0) is 0 Å². The van der Waals surface area contributed by atoms with Gasteiger partial charge in [0.05, 0.1) is 22.0 Å². The number of carbonyl (C=O) groups excluding carboxylic acids is 1. The number of nitrogen functional groups attached to an aromatic ring is 1. The van der Waals surface area contributed by atoms with Crippen molar-refractivity contribution in [1.29, 1.82) is 0 Å². The number of anilines is 3. The minimum Gasteiger partial charge on any atom is -0.399 e. The van der Waals surface area contributed by atoms with E-state index in [-0.39, 0.29) is 5.91 Å². The molecule has 0 aliphatic rings. The Morgan fingerprint density at radius 3 is 2.57 bits per heavy atom. The lowest BCUT2D eigenvalue weighted by Gasteiger charge is -2.24. The maximum Gasteiger partial charge on any atom is 0.257 e. The molecule has 0 aliphatic carbocycles. The SMILES string of the molecule is CCN(CC)c1ccc(N)cc1NC(=O)c1cc(Br)ccc1Cl. The highest BCUT2D eigenvalue weighted by Crippen LogP contribution is 2.30. The topological polar surface area (TPSA) is 58.4 Å². The Labute approximate surface area is 149 Å². The Balaban J connectivity index is 2.37. The van der Waals surface area contributed by atoms with Gasteiger partial charge in [0.2, 0.25) is 0 Å². The van der Waals surface area contributed by atoms with E-state index < -0.39 is 0 Å². The highest BCUT2D eigenvalue weighted by Gasteiger charge is 2.15. The maximum absolute atomic E-state index is 12.6. The summed E-state index contributed by atoms with van der Waals surface area (Å²) in [5, 5.41) is 3.32. The quantitative estimate of drug-likeness (QED) is 0.715. The van der Waals surface area contributed by atoms with Gasteiger partial charge in [0, 0.05) is 23.2 Å². The Hall–Kier alpha value is -1.72. The zero-order valence-electron chi connectivity index (χ0n) is 13.1. The highest BCUT2D eigenvalue weighted by atomic mass is 79.9. The molecule has 23 heavy (non-hydrogen) atoms. The van der Waals surface area contributed by atoms with Gasteiger partial charge in [-0.1, -0.05) is 27.5 Å². The molecule has 122 valence electrons. The van der Waals surface area contributed by atoms with Crippen LogP contribution in [0, 0.1) is 0 Å². The van der Waals surface area contributed by atoms with E-state index >= 15 is 0 Å². The Kier molecular flexibility index (Phi) is 5.91. The minimum atomic E-state index is -0.268. The molecule has 1 amide bonds. The standard InChI is InChI=1S/C17H19BrClN3O/c1-3-22(4-2)16-8-6-12(20)10-15(16)21-17(23)13-9-11(18)5-7-14(13)19/h5-10H,3-4,20H2,1-2H3,(H,21,23). The second kappa shape index (κ2) is 7.70. The molecule has 0 heterocycles. The molecule has 0 saturated heterocycles. The third-order valence-electron chi connectivity index (χ3n) is 3.55. The average molecular weight is 397 g/mol. The van der Waals surface area contributed by atoms with Crippen LogP contribution in [0.2, 0.25) is 5.02 Å². The fourth-order valence-corrected chi connectivity index (χ4v) is 2.92. The third kappa shape index (κ3) is 4.18. The molecule has 0 saturated carbocycles. The fourth-order valence-electron chi connectivity index (χ4n) is 2.35. The van der Waals surface area contributed by atoms with Gasteiger partial charge in [-0.15, -0.1) is 0 Å². The smallest absolute Gasteiger partial charge is 0.257 e. The number of nitrogens with one attached hydrogen (secondary N) is 1. The predicted octanol–water partition coefficient (Wildman–Crippen LogP) is 4.78. The molecule has 2 aromatic rings. The summed E-state index contributed by atoms with van der Waals surface area (Å²) in [5.41, 5.74) is 8.49. The van der Waals surface area contributed by atoms with Crippen molar-refractivity contribution in [2.75, 3.05) is 29.0 Å². The summed E-state index contributed by atoms with van der Waals surface area (Å²) < 4.78 is 0.795. The van der Waals surface area contributed by atoms with E-state index in [4.69, 9.17) is 17.3 Å². The third-order valence-corrected chi connectivity index (χ3v) is 4.37. The second-order valence-electron chi connectivity index (χ2n) is 5.03. The number of halogens is 2. The molecule has 2 rings (SSSR count). The van der Waals surface area contributed by atoms with Crippen LogP contribution in [0.3, 0.4) is 0 Å². The molecule has 6 heteroatoms. The fraction of sp³-hybridized carbons (Fsp3) is 0.235. The normalized spacial score (nSPS) is 10.4. The summed E-state index contributed by atoms with van der Waals surface area (Å²) in [5.74, 6) is -0.268. The maximum atomic E-state index is 12.6. The molecule has 0 aromatic heterocycles. The van der Waals surface area contributed by atoms with E-state index in [0.29, 0.717) is 22.0 Å². The van der Waals surface area contributed by atoms with Gasteiger partial charge in [-0.25, -0.2) is 0 Å². The molecule has 2 aromatic carbocycles. The minimum absolute atomic E-state index is 0.268. The molecule has 0 bridgehead atoms. The lowest BCUT2D eigenvalue weighted by Crippen LogP contribution is -2.24. The number of hydrogen-bond acceptors (Lipinski definition) is 3. The van der Waals surface area contributed by atoms with Gasteiger partial charge in [-0.3, -0.25) is 4.79 Å². The predicted molar refractivity (Wildman–Crippen MR) is 102 cm³/mol. The van der Waals surface area contributed by atoms with Gasteiger partial charge in [0.1, 0.15) is 0 Å². The molecular weight excluding hydrogens is 378 g/mol. The van der Waals surface area contributed by atoms with Crippen molar-refractivity contribution < 1.29 is 4.79 Å². The van der Waals surface area contributed by atoms with E-state index in [1.54, 1.807) is 24.3 Å². The van der Waals surface area contributed by atoms with Crippen molar-refractivity contribution in [3.63, 3.8) is 0 Å². The number of amides is 1. The van der Waals surface area contributed by atoms with Gasteiger partial charge in [0.25, 0.3) is 5.91 Å². The van der Waals surface area contributed by atoms with Crippen LogP contribution < -0.4 is 16.0 Å². The van der Waals surface area contributed by atoms with Crippen molar-refractivity contribution in [1.82, 2.24) is 0 Å². The molecule has 4 nitrogen and oxygen atoms in total. The van der Waals surface area contributed by atoms with Crippen molar-refractivity contribution >= 4 is 50.5 Å². The number of hydrogen-bond donors (Lipinski definition) is 2. The van der Waals surface area contributed by atoms with Crippen LogP contribution in [0.15, 0.2) is 40.9 Å². The molecule has 0 spiro atoms. The average Bonchev–Trinajstić information content (AvgIpc) is 2.52. The first-order chi connectivity index (χ1) is 11.0. The second-order valence-corrected chi connectivity index (χ2v) is 6.35. The number of nitrogens with zero attached hydrogens (tertiary/aromatic N) is 1. The highest BCUT2D eigenvalue weighted by molar-refractivity contribution is 9.10. The van der Waals surface area contributed by atoms with Gasteiger partial charge < -0.3 is 16.0 Å². The molecule has 0 fully saturated rings. The number of carbonyl (C=O) groups is 1. The molecular formula is C17H19BrClN3O. The summed E-state index contributed by atoms with van der Waals surface area (Å²) in [6, 6.07) is 10.7. The number of nitrogens with two attached hydrogens (primary N) is 1. The Morgan fingerprint density at radius 1 is 1.22 bits per heavy atom. The summed E-state index contributed by atoms with van der Waals surface area (Å²) in [6.07, 6.45) is 0. The zero-order valence-corrected chi connectivity index (χ0v) is 15.4. The van der Waals surface area contributed by atoms with Crippen molar-refractivity contribution in [3.8, 4) is 0 Å². The number of benzene rings is 2. The molecule has 0 aliphatic heterocycles. The lowest BCUT2D eigenvalue weighted by atomic mass is 10.1. The van der Waals surface area contributed by atoms with Crippen LogP contribution in [0.1, 0.15) is 24.2 Å². The lowest BCUT2D eigenvalue weighted by molar-refractivity contribution is 0.102. The first kappa shape index (κ1) is 17.6.